The molecular weight excluding hydrogens is 317 g/mol. The minimum Gasteiger partial charge on any atom is -0.255 e. The lowest BCUT2D eigenvalue weighted by atomic mass is 10.4. The standard InChI is InChI=1S/C12H11Cl2NS2.C2H6/c13-10-2-1-3-11(14)12(6-10)17-15-7-9-4-5-16-8-9;1-2/h2-6,8,15H,1,7H2;1-2H3. The van der Waals surface area contributed by atoms with Crippen molar-refractivity contribution in [1.82, 2.24) is 4.72 Å². The van der Waals surface area contributed by atoms with Gasteiger partial charge in [-0.05, 0) is 46.8 Å². The zero-order valence-corrected chi connectivity index (χ0v) is 14.1. The quantitative estimate of drug-likeness (QED) is 0.673. The summed E-state index contributed by atoms with van der Waals surface area (Å²) < 4.78 is 3.28. The fourth-order valence-corrected chi connectivity index (χ4v) is 3.25. The second-order valence-electron chi connectivity index (χ2n) is 3.44. The average molecular weight is 334 g/mol. The molecule has 1 heterocycles. The van der Waals surface area contributed by atoms with E-state index < -0.39 is 0 Å². The van der Waals surface area contributed by atoms with E-state index in [9.17, 15) is 0 Å². The lowest BCUT2D eigenvalue weighted by Crippen LogP contribution is -2.02. The van der Waals surface area contributed by atoms with Crippen LogP contribution in [-0.4, -0.2) is 0 Å². The van der Waals surface area contributed by atoms with Crippen molar-refractivity contribution in [1.29, 1.82) is 0 Å². The van der Waals surface area contributed by atoms with E-state index in [0.29, 0.717) is 0 Å². The number of nitrogens with one attached hydrogen (secondary N) is 1. The molecule has 0 saturated heterocycles. The van der Waals surface area contributed by atoms with Crippen LogP contribution in [0.3, 0.4) is 0 Å². The highest BCUT2D eigenvalue weighted by Crippen LogP contribution is 2.30. The Balaban J connectivity index is 0.000000861. The first-order valence-corrected chi connectivity index (χ1v) is 8.61. The van der Waals surface area contributed by atoms with E-state index in [2.05, 4.69) is 21.5 Å². The van der Waals surface area contributed by atoms with Gasteiger partial charge in [-0.2, -0.15) is 11.3 Å². The fourth-order valence-electron chi connectivity index (χ4n) is 1.30. The highest BCUT2D eigenvalue weighted by Gasteiger charge is 2.07. The molecule has 0 radical (unpaired) electrons. The number of halogens is 2. The predicted molar refractivity (Wildman–Crippen MR) is 90.7 cm³/mol. The van der Waals surface area contributed by atoms with E-state index in [1.807, 2.05) is 32.1 Å². The monoisotopic (exact) mass is 333 g/mol. The maximum Gasteiger partial charge on any atom is 0.0518 e. The van der Waals surface area contributed by atoms with Crippen molar-refractivity contribution in [3.8, 4) is 0 Å². The van der Waals surface area contributed by atoms with Crippen molar-refractivity contribution >= 4 is 46.5 Å². The molecule has 5 heteroatoms. The van der Waals surface area contributed by atoms with Crippen LogP contribution in [0.4, 0.5) is 0 Å². The van der Waals surface area contributed by atoms with Crippen molar-refractivity contribution in [3.05, 3.63) is 55.6 Å². The molecule has 1 N–H and O–H groups in total. The Hall–Kier alpha value is -0.190. The molecule has 0 atom stereocenters. The molecule has 1 nitrogen and oxygen atoms in total. The Morgan fingerprint density at radius 1 is 1.32 bits per heavy atom. The molecule has 0 bridgehead atoms. The molecule has 104 valence electrons. The van der Waals surface area contributed by atoms with E-state index in [4.69, 9.17) is 23.2 Å². The van der Waals surface area contributed by atoms with Gasteiger partial charge in [0.25, 0.3) is 0 Å². The SMILES string of the molecule is CC.ClC1=CCC=C(Cl)C(SNCc2ccsc2)=C1. The number of thiophene rings is 1. The summed E-state index contributed by atoms with van der Waals surface area (Å²) in [6.07, 6.45) is 6.57. The van der Waals surface area contributed by atoms with Crippen LogP contribution >= 0.6 is 46.5 Å². The minimum atomic E-state index is 0.733. The Bertz CT molecular complexity index is 462. The molecule has 1 aliphatic carbocycles. The first kappa shape index (κ1) is 16.9. The summed E-state index contributed by atoms with van der Waals surface area (Å²) in [5, 5.41) is 5.68. The number of hydrogen-bond acceptors (Lipinski definition) is 3. The third-order valence-corrected chi connectivity index (χ3v) is 4.46. The van der Waals surface area contributed by atoms with Crippen molar-refractivity contribution in [2.75, 3.05) is 0 Å². The van der Waals surface area contributed by atoms with Gasteiger partial charge in [0.2, 0.25) is 0 Å². The highest BCUT2D eigenvalue weighted by molar-refractivity contribution is 8.01. The smallest absolute Gasteiger partial charge is 0.0518 e. The Kier molecular flexibility index (Phi) is 8.58. The third-order valence-electron chi connectivity index (χ3n) is 2.15. The van der Waals surface area contributed by atoms with Gasteiger partial charge in [-0.3, -0.25) is 4.72 Å². The normalized spacial score (nSPS) is 14.6. The second-order valence-corrected chi connectivity index (χ2v) is 6.00. The zero-order chi connectivity index (χ0) is 14.1. The molecule has 2 rings (SSSR count). The Morgan fingerprint density at radius 2 is 2.11 bits per heavy atom. The third kappa shape index (κ3) is 6.19. The molecule has 0 fully saturated rings. The van der Waals surface area contributed by atoms with Crippen LogP contribution < -0.4 is 4.72 Å². The summed E-state index contributed by atoms with van der Waals surface area (Å²) in [6.45, 7) is 4.82. The van der Waals surface area contributed by atoms with Crippen molar-refractivity contribution < 1.29 is 0 Å². The fraction of sp³-hybridized carbons (Fsp3) is 0.286. The Labute approximate surface area is 133 Å². The predicted octanol–water partition coefficient (Wildman–Crippen LogP) is 6.05. The molecule has 1 aromatic heterocycles. The van der Waals surface area contributed by atoms with Crippen LogP contribution in [0.5, 0.6) is 0 Å². The van der Waals surface area contributed by atoms with Gasteiger partial charge in [-0.25, -0.2) is 0 Å². The van der Waals surface area contributed by atoms with Crippen molar-refractivity contribution in [2.24, 2.45) is 0 Å². The van der Waals surface area contributed by atoms with Crippen LogP contribution in [0.1, 0.15) is 25.8 Å². The van der Waals surface area contributed by atoms with Crippen molar-refractivity contribution in [3.63, 3.8) is 0 Å². The molecule has 1 aromatic rings. The van der Waals surface area contributed by atoms with Gasteiger partial charge in [0.1, 0.15) is 0 Å². The maximum atomic E-state index is 6.16. The molecule has 0 unspecified atom stereocenters. The van der Waals surface area contributed by atoms with Gasteiger partial charge < -0.3 is 0 Å². The number of hydrogen-bond donors (Lipinski definition) is 1. The van der Waals surface area contributed by atoms with E-state index >= 15 is 0 Å². The molecule has 0 aromatic carbocycles. The highest BCUT2D eigenvalue weighted by atomic mass is 35.5. The van der Waals surface area contributed by atoms with Crippen LogP contribution in [0, 0.1) is 0 Å². The van der Waals surface area contributed by atoms with Gasteiger partial charge in [-0.15, -0.1) is 0 Å². The second kappa shape index (κ2) is 9.67. The molecule has 0 aliphatic heterocycles. The summed E-state index contributed by atoms with van der Waals surface area (Å²) in [6, 6.07) is 2.10. The van der Waals surface area contributed by atoms with Gasteiger partial charge >= 0.3 is 0 Å². The molecule has 1 aliphatic rings. The van der Waals surface area contributed by atoms with E-state index in [1.165, 1.54) is 17.5 Å². The van der Waals surface area contributed by atoms with Crippen LogP contribution in [0.2, 0.25) is 0 Å². The van der Waals surface area contributed by atoms with Gasteiger partial charge in [0, 0.05) is 16.5 Å². The van der Waals surface area contributed by atoms with Crippen LogP contribution in [0.15, 0.2) is 50.0 Å². The molecule has 0 saturated carbocycles. The van der Waals surface area contributed by atoms with Gasteiger partial charge in [0.05, 0.1) is 5.03 Å². The van der Waals surface area contributed by atoms with Gasteiger partial charge in [0.15, 0.2) is 0 Å². The lowest BCUT2D eigenvalue weighted by Gasteiger charge is -2.06. The zero-order valence-electron chi connectivity index (χ0n) is 11.0. The largest absolute Gasteiger partial charge is 0.255 e. The molecular formula is C14H17Cl2NS2. The number of rotatable bonds is 4. The summed E-state index contributed by atoms with van der Waals surface area (Å²) in [5.41, 5.74) is 1.28. The summed E-state index contributed by atoms with van der Waals surface area (Å²) in [7, 11) is 0. The van der Waals surface area contributed by atoms with Crippen molar-refractivity contribution in [2.45, 2.75) is 26.8 Å². The molecule has 0 amide bonds. The van der Waals surface area contributed by atoms with Gasteiger partial charge in [-0.1, -0.05) is 49.2 Å². The van der Waals surface area contributed by atoms with Crippen LogP contribution in [0.25, 0.3) is 0 Å². The van der Waals surface area contributed by atoms with E-state index in [0.717, 1.165) is 27.9 Å². The van der Waals surface area contributed by atoms with Crippen LogP contribution in [-0.2, 0) is 6.54 Å². The Morgan fingerprint density at radius 3 is 2.79 bits per heavy atom. The minimum absolute atomic E-state index is 0.733. The molecule has 19 heavy (non-hydrogen) atoms. The lowest BCUT2D eigenvalue weighted by molar-refractivity contribution is 0.987. The summed E-state index contributed by atoms with van der Waals surface area (Å²) in [4.78, 5) is 0.959. The topological polar surface area (TPSA) is 12.0 Å². The first-order valence-electron chi connectivity index (χ1n) is 6.10. The van der Waals surface area contributed by atoms with E-state index in [1.54, 1.807) is 11.3 Å². The maximum absolute atomic E-state index is 6.16. The summed E-state index contributed by atoms with van der Waals surface area (Å²) >= 11 is 15.4. The van der Waals surface area contributed by atoms with E-state index in [-0.39, 0.29) is 0 Å². The number of allylic oxidation sites excluding steroid dienone is 5. The summed E-state index contributed by atoms with van der Waals surface area (Å²) in [5.74, 6) is 0. The first-order chi connectivity index (χ1) is 9.25. The average Bonchev–Trinajstić information content (AvgIpc) is 2.87. The molecule has 0 spiro atoms.